The Hall–Kier alpha value is -2.50. The van der Waals surface area contributed by atoms with Crippen molar-refractivity contribution >= 4 is 11.6 Å². The average Bonchev–Trinajstić information content (AvgIpc) is 2.83. The molecule has 102 valence electrons. The zero-order valence-corrected chi connectivity index (χ0v) is 10.6. The third-order valence-electron chi connectivity index (χ3n) is 2.93. The highest BCUT2D eigenvalue weighted by Crippen LogP contribution is 2.09. The molecule has 1 aromatic carbocycles. The van der Waals surface area contributed by atoms with E-state index in [9.17, 15) is 8.78 Å². The lowest BCUT2D eigenvalue weighted by molar-refractivity contribution is 0.610. The molecule has 3 aromatic rings. The summed E-state index contributed by atoms with van der Waals surface area (Å²) < 4.78 is 27.8. The SMILES string of the molecule is Fc1ccc2nc(NCCc3ccccc3F)nn2c1. The molecular weight excluding hydrogens is 262 g/mol. The van der Waals surface area contributed by atoms with Crippen LogP contribution in [-0.2, 0) is 6.42 Å². The molecule has 0 saturated carbocycles. The Bertz CT molecular complexity index is 739. The van der Waals surface area contributed by atoms with Gasteiger partial charge >= 0.3 is 0 Å². The van der Waals surface area contributed by atoms with Gasteiger partial charge in [0.1, 0.15) is 11.6 Å². The Balaban J connectivity index is 1.67. The van der Waals surface area contributed by atoms with Crippen molar-refractivity contribution in [3.8, 4) is 0 Å². The number of nitrogens with one attached hydrogen (secondary N) is 1. The van der Waals surface area contributed by atoms with Crippen LogP contribution in [0.5, 0.6) is 0 Å². The lowest BCUT2D eigenvalue weighted by atomic mass is 10.1. The van der Waals surface area contributed by atoms with Gasteiger partial charge in [-0.3, -0.25) is 0 Å². The fraction of sp³-hybridized carbons (Fsp3) is 0.143. The minimum Gasteiger partial charge on any atom is -0.353 e. The minimum atomic E-state index is -0.375. The first-order valence-corrected chi connectivity index (χ1v) is 6.21. The summed E-state index contributed by atoms with van der Waals surface area (Å²) in [5.41, 5.74) is 1.19. The van der Waals surface area contributed by atoms with E-state index in [1.807, 2.05) is 0 Å². The highest BCUT2D eigenvalue weighted by molar-refractivity contribution is 5.43. The molecule has 0 saturated heterocycles. The number of hydrogen-bond acceptors (Lipinski definition) is 3. The summed E-state index contributed by atoms with van der Waals surface area (Å²) >= 11 is 0. The molecule has 0 amide bonds. The smallest absolute Gasteiger partial charge is 0.243 e. The Kier molecular flexibility index (Phi) is 3.28. The summed E-state index contributed by atoms with van der Waals surface area (Å²) in [4.78, 5) is 4.19. The Morgan fingerprint density at radius 2 is 1.95 bits per heavy atom. The van der Waals surface area contributed by atoms with Crippen LogP contribution < -0.4 is 5.32 Å². The van der Waals surface area contributed by atoms with E-state index in [2.05, 4.69) is 15.4 Å². The van der Waals surface area contributed by atoms with Gasteiger partial charge in [-0.05, 0) is 30.2 Å². The van der Waals surface area contributed by atoms with Crippen molar-refractivity contribution in [1.29, 1.82) is 0 Å². The van der Waals surface area contributed by atoms with Crippen LogP contribution in [0.3, 0.4) is 0 Å². The maximum atomic E-state index is 13.4. The Labute approximate surface area is 114 Å². The van der Waals surface area contributed by atoms with Gasteiger partial charge in [0.15, 0.2) is 5.65 Å². The first kappa shape index (κ1) is 12.5. The largest absolute Gasteiger partial charge is 0.353 e. The molecular formula is C14H12F2N4. The maximum Gasteiger partial charge on any atom is 0.243 e. The van der Waals surface area contributed by atoms with Gasteiger partial charge in [-0.1, -0.05) is 18.2 Å². The monoisotopic (exact) mass is 274 g/mol. The van der Waals surface area contributed by atoms with Crippen molar-refractivity contribution in [3.05, 3.63) is 59.8 Å². The van der Waals surface area contributed by atoms with E-state index in [0.717, 1.165) is 0 Å². The molecule has 0 aliphatic rings. The van der Waals surface area contributed by atoms with Gasteiger partial charge in [0.05, 0.1) is 6.20 Å². The fourth-order valence-electron chi connectivity index (χ4n) is 1.94. The van der Waals surface area contributed by atoms with E-state index in [-0.39, 0.29) is 11.6 Å². The lowest BCUT2D eigenvalue weighted by Gasteiger charge is -2.03. The second-order valence-electron chi connectivity index (χ2n) is 4.35. The van der Waals surface area contributed by atoms with Gasteiger partial charge in [0, 0.05) is 6.54 Å². The molecule has 0 fully saturated rings. The van der Waals surface area contributed by atoms with E-state index >= 15 is 0 Å². The van der Waals surface area contributed by atoms with Crippen LogP contribution in [-0.4, -0.2) is 21.1 Å². The second-order valence-corrected chi connectivity index (χ2v) is 4.35. The highest BCUT2D eigenvalue weighted by atomic mass is 19.1. The predicted octanol–water partition coefficient (Wildman–Crippen LogP) is 2.66. The number of nitrogens with zero attached hydrogens (tertiary/aromatic N) is 3. The van der Waals surface area contributed by atoms with Crippen molar-refractivity contribution in [3.63, 3.8) is 0 Å². The molecule has 3 rings (SSSR count). The molecule has 0 spiro atoms. The summed E-state index contributed by atoms with van der Waals surface area (Å²) in [6, 6.07) is 9.50. The van der Waals surface area contributed by atoms with Gasteiger partial charge in [-0.2, -0.15) is 4.98 Å². The number of hydrogen-bond donors (Lipinski definition) is 1. The number of fused-ring (bicyclic) bond motifs is 1. The molecule has 6 heteroatoms. The van der Waals surface area contributed by atoms with E-state index in [0.29, 0.717) is 30.1 Å². The number of benzene rings is 1. The van der Waals surface area contributed by atoms with E-state index in [1.54, 1.807) is 24.3 Å². The molecule has 0 aliphatic heterocycles. The number of aromatic nitrogens is 3. The molecule has 20 heavy (non-hydrogen) atoms. The first-order valence-electron chi connectivity index (χ1n) is 6.21. The van der Waals surface area contributed by atoms with Crippen LogP contribution in [0.4, 0.5) is 14.7 Å². The standard InChI is InChI=1S/C14H12F2N4/c15-11-5-6-13-18-14(19-20(13)9-11)17-8-7-10-3-1-2-4-12(10)16/h1-6,9H,7-8H2,(H,17,19). The predicted molar refractivity (Wildman–Crippen MR) is 71.5 cm³/mol. The average molecular weight is 274 g/mol. The number of anilines is 1. The normalized spacial score (nSPS) is 10.9. The van der Waals surface area contributed by atoms with Gasteiger partial charge in [-0.15, -0.1) is 5.10 Å². The quantitative estimate of drug-likeness (QED) is 0.795. The fourth-order valence-corrected chi connectivity index (χ4v) is 1.94. The van der Waals surface area contributed by atoms with E-state index in [1.165, 1.54) is 22.8 Å². The van der Waals surface area contributed by atoms with Gasteiger partial charge in [0.25, 0.3) is 0 Å². The van der Waals surface area contributed by atoms with Crippen LogP contribution in [0.15, 0.2) is 42.6 Å². The molecule has 0 radical (unpaired) electrons. The minimum absolute atomic E-state index is 0.223. The van der Waals surface area contributed by atoms with Crippen molar-refractivity contribution in [2.24, 2.45) is 0 Å². The highest BCUT2D eigenvalue weighted by Gasteiger charge is 2.05. The van der Waals surface area contributed by atoms with Crippen molar-refractivity contribution in [2.75, 3.05) is 11.9 Å². The molecule has 0 bridgehead atoms. The molecule has 2 aromatic heterocycles. The van der Waals surface area contributed by atoms with Crippen LogP contribution in [0, 0.1) is 11.6 Å². The summed E-state index contributed by atoms with van der Waals surface area (Å²) in [5, 5.41) is 7.08. The zero-order chi connectivity index (χ0) is 13.9. The van der Waals surface area contributed by atoms with Crippen LogP contribution in [0.1, 0.15) is 5.56 Å². The third kappa shape index (κ3) is 2.59. The number of rotatable bonds is 4. The lowest BCUT2D eigenvalue weighted by Crippen LogP contribution is -2.07. The summed E-state index contributed by atoms with van der Waals surface area (Å²) in [5.74, 6) is -0.202. The first-order chi connectivity index (χ1) is 9.72. The van der Waals surface area contributed by atoms with Crippen LogP contribution in [0.25, 0.3) is 5.65 Å². The molecule has 1 N–H and O–H groups in total. The number of halogens is 2. The molecule has 0 unspecified atom stereocenters. The maximum absolute atomic E-state index is 13.4. The second kappa shape index (κ2) is 5.24. The Morgan fingerprint density at radius 3 is 2.80 bits per heavy atom. The third-order valence-corrected chi connectivity index (χ3v) is 2.93. The van der Waals surface area contributed by atoms with Crippen molar-refractivity contribution < 1.29 is 8.78 Å². The van der Waals surface area contributed by atoms with Gasteiger partial charge in [0.2, 0.25) is 5.95 Å². The molecule has 4 nitrogen and oxygen atoms in total. The summed E-state index contributed by atoms with van der Waals surface area (Å²) in [6.07, 6.45) is 1.78. The van der Waals surface area contributed by atoms with Crippen LogP contribution in [0.2, 0.25) is 0 Å². The number of pyridine rings is 1. The van der Waals surface area contributed by atoms with E-state index in [4.69, 9.17) is 0 Å². The summed E-state index contributed by atoms with van der Waals surface area (Å²) in [7, 11) is 0. The summed E-state index contributed by atoms with van der Waals surface area (Å²) in [6.45, 7) is 0.500. The van der Waals surface area contributed by atoms with Crippen molar-refractivity contribution in [1.82, 2.24) is 14.6 Å². The molecule has 0 atom stereocenters. The van der Waals surface area contributed by atoms with E-state index < -0.39 is 0 Å². The molecule has 0 aliphatic carbocycles. The Morgan fingerprint density at radius 1 is 1.10 bits per heavy atom. The van der Waals surface area contributed by atoms with Gasteiger partial charge < -0.3 is 5.32 Å². The topological polar surface area (TPSA) is 42.2 Å². The zero-order valence-electron chi connectivity index (χ0n) is 10.6. The van der Waals surface area contributed by atoms with Crippen molar-refractivity contribution in [2.45, 2.75) is 6.42 Å². The van der Waals surface area contributed by atoms with Crippen LogP contribution >= 0.6 is 0 Å². The molecule has 2 heterocycles. The van der Waals surface area contributed by atoms with Gasteiger partial charge in [-0.25, -0.2) is 13.3 Å².